The van der Waals surface area contributed by atoms with Gasteiger partial charge in [0.2, 0.25) is 5.91 Å². The summed E-state index contributed by atoms with van der Waals surface area (Å²) in [5.41, 5.74) is 11.5. The Morgan fingerprint density at radius 1 is 1.28 bits per heavy atom. The summed E-state index contributed by atoms with van der Waals surface area (Å²) in [7, 11) is 1.49. The largest absolute Gasteiger partial charge is 0.508 e. The van der Waals surface area contributed by atoms with Crippen LogP contribution in [0.3, 0.4) is 0 Å². The highest BCUT2D eigenvalue weighted by Gasteiger charge is 2.35. The topological polar surface area (TPSA) is 161 Å². The average molecular weight is 462 g/mol. The molecule has 0 unspecified atom stereocenters. The zero-order valence-electron chi connectivity index (χ0n) is 17.7. The quantitative estimate of drug-likeness (QED) is 0.439. The zero-order valence-corrected chi connectivity index (χ0v) is 18.6. The fourth-order valence-corrected chi connectivity index (χ4v) is 4.54. The van der Waals surface area contributed by atoms with Gasteiger partial charge in [-0.15, -0.1) is 0 Å². The Morgan fingerprint density at radius 3 is 2.50 bits per heavy atom. The number of primary amides is 1. The Bertz CT molecular complexity index is 971. The van der Waals surface area contributed by atoms with Gasteiger partial charge in [0.15, 0.2) is 5.69 Å². The van der Waals surface area contributed by atoms with Crippen molar-refractivity contribution in [3.8, 4) is 5.75 Å². The van der Waals surface area contributed by atoms with Gasteiger partial charge in [-0.05, 0) is 42.1 Å². The number of carbonyl (C=O) groups is 3. The number of amides is 3. The molecule has 1 aliphatic carbocycles. The smallest absolute Gasteiger partial charge is 0.270 e. The lowest BCUT2D eigenvalue weighted by Crippen LogP contribution is -2.47. The molecule has 3 amide bonds. The summed E-state index contributed by atoms with van der Waals surface area (Å²) in [4.78, 5) is 39.8. The molecule has 0 spiro atoms. The number of phenolic OH excluding ortho intramolecular Hbond substituents is 1. The maximum atomic E-state index is 13.5. The number of methoxy groups -OCH3 is 1. The number of nitrogen functional groups attached to an aromatic ring is 1. The number of rotatable bonds is 9. The van der Waals surface area contributed by atoms with Gasteiger partial charge in [0.05, 0.1) is 12.3 Å². The van der Waals surface area contributed by atoms with E-state index in [1.165, 1.54) is 24.1 Å². The van der Waals surface area contributed by atoms with Gasteiger partial charge >= 0.3 is 0 Å². The number of phenols is 1. The number of carbonyl (C=O) groups excluding carboxylic acids is 3. The second kappa shape index (κ2) is 10.4. The van der Waals surface area contributed by atoms with Crippen LogP contribution in [0.25, 0.3) is 0 Å². The van der Waals surface area contributed by atoms with Crippen molar-refractivity contribution < 1.29 is 24.2 Å². The SMILES string of the molecule is COCCN(C(=O)c1snc(C(N)=O)c1N)[C@H](C(=O)NC1CCCC1)c1ccc(O)cc1. The molecule has 1 fully saturated rings. The van der Waals surface area contributed by atoms with E-state index in [9.17, 15) is 19.5 Å². The molecule has 1 heterocycles. The first-order valence-electron chi connectivity index (χ1n) is 10.3. The molecular formula is C21H27N5O5S. The van der Waals surface area contributed by atoms with Crippen LogP contribution in [-0.2, 0) is 9.53 Å². The second-order valence-corrected chi connectivity index (χ2v) is 8.39. The van der Waals surface area contributed by atoms with Crippen molar-refractivity contribution in [3.05, 3.63) is 40.4 Å². The van der Waals surface area contributed by atoms with Crippen LogP contribution in [0.4, 0.5) is 5.69 Å². The number of benzene rings is 1. The number of nitrogens with zero attached hydrogens (tertiary/aromatic N) is 2. The summed E-state index contributed by atoms with van der Waals surface area (Å²) in [6.07, 6.45) is 3.83. The molecule has 172 valence electrons. The van der Waals surface area contributed by atoms with Gasteiger partial charge in [-0.2, -0.15) is 4.37 Å². The van der Waals surface area contributed by atoms with Crippen LogP contribution >= 0.6 is 11.5 Å². The number of ether oxygens (including phenoxy) is 1. The van der Waals surface area contributed by atoms with Gasteiger partial charge in [-0.3, -0.25) is 14.4 Å². The average Bonchev–Trinajstić information content (AvgIpc) is 3.41. The summed E-state index contributed by atoms with van der Waals surface area (Å²) in [6.45, 7) is 0.251. The fourth-order valence-electron chi connectivity index (χ4n) is 3.78. The van der Waals surface area contributed by atoms with Gasteiger partial charge in [0, 0.05) is 19.7 Å². The molecule has 0 aliphatic heterocycles. The lowest BCUT2D eigenvalue weighted by atomic mass is 10.0. The zero-order chi connectivity index (χ0) is 23.3. The van der Waals surface area contributed by atoms with Crippen molar-refractivity contribution in [3.63, 3.8) is 0 Å². The van der Waals surface area contributed by atoms with Crippen molar-refractivity contribution in [1.29, 1.82) is 0 Å². The molecule has 1 aliphatic rings. The fraction of sp³-hybridized carbons (Fsp3) is 0.429. The Labute approximate surface area is 189 Å². The minimum Gasteiger partial charge on any atom is -0.508 e. The van der Waals surface area contributed by atoms with Crippen LogP contribution in [0.15, 0.2) is 24.3 Å². The first-order valence-corrected chi connectivity index (χ1v) is 11.0. The summed E-state index contributed by atoms with van der Waals surface area (Å²) in [5.74, 6) is -1.71. The van der Waals surface area contributed by atoms with Gasteiger partial charge in [0.1, 0.15) is 16.7 Å². The molecule has 1 aromatic heterocycles. The molecule has 11 heteroatoms. The number of aromatic nitrogens is 1. The predicted octanol–water partition coefficient (Wildman–Crippen LogP) is 1.42. The molecule has 10 nitrogen and oxygen atoms in total. The molecule has 6 N–H and O–H groups in total. The van der Waals surface area contributed by atoms with Crippen molar-refractivity contribution >= 4 is 34.9 Å². The van der Waals surface area contributed by atoms with E-state index < -0.39 is 17.9 Å². The second-order valence-electron chi connectivity index (χ2n) is 7.61. The molecule has 2 aromatic rings. The number of anilines is 1. The minimum atomic E-state index is -1.00. The van der Waals surface area contributed by atoms with E-state index in [0.29, 0.717) is 5.56 Å². The molecule has 1 saturated carbocycles. The summed E-state index contributed by atoms with van der Waals surface area (Å²) in [5, 5.41) is 12.7. The Hall–Kier alpha value is -3.18. The van der Waals surface area contributed by atoms with E-state index in [2.05, 4.69) is 9.69 Å². The number of nitrogens with two attached hydrogens (primary N) is 2. The number of aromatic hydroxyl groups is 1. The van der Waals surface area contributed by atoms with Gasteiger partial charge < -0.3 is 31.5 Å². The summed E-state index contributed by atoms with van der Waals surface area (Å²) in [6, 6.07) is 5.12. The number of hydrogen-bond donors (Lipinski definition) is 4. The Balaban J connectivity index is 2.00. The van der Waals surface area contributed by atoms with Crippen LogP contribution in [0.1, 0.15) is 57.4 Å². The summed E-state index contributed by atoms with van der Waals surface area (Å²) < 4.78 is 9.07. The van der Waals surface area contributed by atoms with Crippen molar-refractivity contribution in [1.82, 2.24) is 14.6 Å². The lowest BCUT2D eigenvalue weighted by molar-refractivity contribution is -0.126. The normalized spacial score (nSPS) is 14.8. The van der Waals surface area contributed by atoms with Gasteiger partial charge in [-0.25, -0.2) is 0 Å². The minimum absolute atomic E-state index is 0.0207. The molecule has 1 atom stereocenters. The van der Waals surface area contributed by atoms with E-state index in [1.54, 1.807) is 12.1 Å². The standard InChI is InChI=1S/C21H27N5O5S/c1-31-11-10-26(21(30)18-15(22)16(19(23)28)25-32-18)17(12-6-8-14(27)9-7-12)20(29)24-13-4-2-3-5-13/h6-9,13,17,27H,2-5,10-11,22H2,1H3,(H2,23,28)(H,24,29)/t17-/m0/s1. The van der Waals surface area contributed by atoms with E-state index in [0.717, 1.165) is 37.2 Å². The molecule has 1 aromatic carbocycles. The third-order valence-corrected chi connectivity index (χ3v) is 6.27. The molecule has 3 rings (SSSR count). The first kappa shape index (κ1) is 23.5. The van der Waals surface area contributed by atoms with Gasteiger partial charge in [0.25, 0.3) is 11.8 Å². The van der Waals surface area contributed by atoms with E-state index in [4.69, 9.17) is 16.2 Å². The van der Waals surface area contributed by atoms with Crippen LogP contribution in [0.2, 0.25) is 0 Å². The summed E-state index contributed by atoms with van der Waals surface area (Å²) >= 11 is 0.754. The molecule has 0 saturated heterocycles. The highest BCUT2D eigenvalue weighted by atomic mass is 32.1. The molecule has 32 heavy (non-hydrogen) atoms. The Kier molecular flexibility index (Phi) is 7.65. The Morgan fingerprint density at radius 2 is 1.94 bits per heavy atom. The van der Waals surface area contributed by atoms with Crippen LogP contribution < -0.4 is 16.8 Å². The maximum Gasteiger partial charge on any atom is 0.270 e. The van der Waals surface area contributed by atoms with Crippen LogP contribution in [-0.4, -0.2) is 58.4 Å². The molecule has 0 radical (unpaired) electrons. The van der Waals surface area contributed by atoms with Gasteiger partial charge in [-0.1, -0.05) is 25.0 Å². The van der Waals surface area contributed by atoms with Crippen molar-refractivity contribution in [2.45, 2.75) is 37.8 Å². The molecule has 0 bridgehead atoms. The van der Waals surface area contributed by atoms with E-state index >= 15 is 0 Å². The van der Waals surface area contributed by atoms with Crippen LogP contribution in [0.5, 0.6) is 5.75 Å². The molecular weight excluding hydrogens is 434 g/mol. The van der Waals surface area contributed by atoms with E-state index in [1.807, 2.05) is 0 Å². The predicted molar refractivity (Wildman–Crippen MR) is 119 cm³/mol. The first-order chi connectivity index (χ1) is 15.3. The number of hydrogen-bond acceptors (Lipinski definition) is 8. The van der Waals surface area contributed by atoms with Crippen molar-refractivity contribution in [2.24, 2.45) is 5.73 Å². The highest BCUT2D eigenvalue weighted by Crippen LogP contribution is 2.30. The maximum absolute atomic E-state index is 13.5. The third kappa shape index (κ3) is 5.17. The van der Waals surface area contributed by atoms with E-state index in [-0.39, 0.29) is 47.1 Å². The number of nitrogens with one attached hydrogen (secondary N) is 1. The highest BCUT2D eigenvalue weighted by molar-refractivity contribution is 7.09. The monoisotopic (exact) mass is 461 g/mol. The lowest BCUT2D eigenvalue weighted by Gasteiger charge is -2.32. The van der Waals surface area contributed by atoms with Crippen molar-refractivity contribution in [2.75, 3.05) is 26.0 Å². The third-order valence-electron chi connectivity index (χ3n) is 5.42. The van der Waals surface area contributed by atoms with Crippen LogP contribution in [0, 0.1) is 0 Å².